The maximum Gasteiger partial charge on any atom is 0.417 e. The molecule has 1 aromatic heterocycles. The number of aromatic amines is 1. The van der Waals surface area contributed by atoms with Crippen molar-refractivity contribution >= 4 is 44.1 Å². The van der Waals surface area contributed by atoms with Gasteiger partial charge in [-0.25, -0.2) is 9.18 Å². The SMILES string of the molecule is Nc1cc2oc(=O)[nH]c2cc1Nc1ccc(F)c(Br)c1. The fourth-order valence-corrected chi connectivity index (χ4v) is 2.23. The van der Waals surface area contributed by atoms with Gasteiger partial charge in [-0.2, -0.15) is 0 Å². The Hall–Kier alpha value is -2.28. The van der Waals surface area contributed by atoms with E-state index in [4.69, 9.17) is 10.2 Å². The first kappa shape index (κ1) is 12.7. The van der Waals surface area contributed by atoms with E-state index in [1.807, 2.05) is 0 Å². The Kier molecular flexibility index (Phi) is 2.98. The molecule has 0 spiro atoms. The average Bonchev–Trinajstić information content (AvgIpc) is 2.73. The van der Waals surface area contributed by atoms with E-state index in [-0.39, 0.29) is 5.82 Å². The topological polar surface area (TPSA) is 84.0 Å². The number of oxazole rings is 1. The summed E-state index contributed by atoms with van der Waals surface area (Å²) in [5.41, 5.74) is 8.48. The number of H-pyrrole nitrogens is 1. The number of anilines is 3. The molecule has 0 saturated heterocycles. The van der Waals surface area contributed by atoms with Gasteiger partial charge in [0.15, 0.2) is 5.58 Å². The van der Waals surface area contributed by atoms with Crippen LogP contribution in [0.3, 0.4) is 0 Å². The molecule has 1 heterocycles. The first-order valence-electron chi connectivity index (χ1n) is 5.67. The molecule has 4 N–H and O–H groups in total. The van der Waals surface area contributed by atoms with Crippen molar-refractivity contribution in [3.05, 3.63) is 51.2 Å². The van der Waals surface area contributed by atoms with E-state index < -0.39 is 5.76 Å². The first-order chi connectivity index (χ1) is 9.52. The standard InChI is InChI=1S/C13H9BrFN3O2/c14-7-3-6(1-2-8(7)15)17-10-5-11-12(4-9(10)16)20-13(19)18-11/h1-5,17H,16H2,(H,18,19). The van der Waals surface area contributed by atoms with E-state index in [1.54, 1.807) is 24.3 Å². The van der Waals surface area contributed by atoms with Gasteiger partial charge in [-0.05, 0) is 40.2 Å². The molecule has 0 amide bonds. The predicted molar refractivity (Wildman–Crippen MR) is 78.6 cm³/mol. The van der Waals surface area contributed by atoms with E-state index in [0.29, 0.717) is 32.6 Å². The van der Waals surface area contributed by atoms with Crippen LogP contribution < -0.4 is 16.8 Å². The highest BCUT2D eigenvalue weighted by molar-refractivity contribution is 9.10. The summed E-state index contributed by atoms with van der Waals surface area (Å²) in [7, 11) is 0. The summed E-state index contributed by atoms with van der Waals surface area (Å²) in [6.45, 7) is 0. The third-order valence-electron chi connectivity index (χ3n) is 2.79. The molecule has 5 nitrogen and oxygen atoms in total. The van der Waals surface area contributed by atoms with Gasteiger partial charge in [0.25, 0.3) is 0 Å². The summed E-state index contributed by atoms with van der Waals surface area (Å²) in [5.74, 6) is -0.890. The zero-order valence-electron chi connectivity index (χ0n) is 10.0. The van der Waals surface area contributed by atoms with Crippen LogP contribution in [0.4, 0.5) is 21.5 Å². The molecule has 0 fully saturated rings. The number of rotatable bonds is 2. The highest BCUT2D eigenvalue weighted by Gasteiger charge is 2.08. The highest BCUT2D eigenvalue weighted by Crippen LogP contribution is 2.29. The molecule has 3 rings (SSSR count). The summed E-state index contributed by atoms with van der Waals surface area (Å²) < 4.78 is 18.4. The second-order valence-electron chi connectivity index (χ2n) is 4.20. The normalized spacial score (nSPS) is 10.9. The number of fused-ring (bicyclic) bond motifs is 1. The monoisotopic (exact) mass is 337 g/mol. The second-order valence-corrected chi connectivity index (χ2v) is 5.06. The minimum Gasteiger partial charge on any atom is -0.408 e. The van der Waals surface area contributed by atoms with E-state index in [9.17, 15) is 9.18 Å². The lowest BCUT2D eigenvalue weighted by atomic mass is 10.2. The highest BCUT2D eigenvalue weighted by atomic mass is 79.9. The average molecular weight is 338 g/mol. The van der Waals surface area contributed by atoms with Crippen LogP contribution >= 0.6 is 15.9 Å². The van der Waals surface area contributed by atoms with Crippen LogP contribution in [-0.2, 0) is 0 Å². The number of nitrogens with two attached hydrogens (primary N) is 1. The van der Waals surface area contributed by atoms with Gasteiger partial charge in [-0.3, -0.25) is 4.98 Å². The molecular weight excluding hydrogens is 329 g/mol. The lowest BCUT2D eigenvalue weighted by molar-refractivity contribution is 0.555. The molecular formula is C13H9BrFN3O2. The van der Waals surface area contributed by atoms with Crippen molar-refractivity contribution in [2.24, 2.45) is 0 Å². The van der Waals surface area contributed by atoms with Crippen molar-refractivity contribution in [1.82, 2.24) is 4.98 Å². The smallest absolute Gasteiger partial charge is 0.408 e. The molecule has 3 aromatic rings. The summed E-state index contributed by atoms with van der Waals surface area (Å²) in [6, 6.07) is 7.72. The zero-order chi connectivity index (χ0) is 14.3. The van der Waals surface area contributed by atoms with E-state index in [0.717, 1.165) is 0 Å². The maximum atomic E-state index is 13.2. The summed E-state index contributed by atoms with van der Waals surface area (Å²) in [6.07, 6.45) is 0. The molecule has 20 heavy (non-hydrogen) atoms. The largest absolute Gasteiger partial charge is 0.417 e. The van der Waals surface area contributed by atoms with Crippen molar-refractivity contribution in [2.45, 2.75) is 0 Å². The number of nitrogen functional groups attached to an aromatic ring is 1. The van der Waals surface area contributed by atoms with Crippen molar-refractivity contribution < 1.29 is 8.81 Å². The van der Waals surface area contributed by atoms with Crippen LogP contribution in [0.5, 0.6) is 0 Å². The van der Waals surface area contributed by atoms with Gasteiger partial charge < -0.3 is 15.5 Å². The van der Waals surface area contributed by atoms with Crippen molar-refractivity contribution in [3.63, 3.8) is 0 Å². The maximum absolute atomic E-state index is 13.2. The molecule has 0 aliphatic rings. The van der Waals surface area contributed by atoms with Crippen LogP contribution in [0, 0.1) is 5.82 Å². The van der Waals surface area contributed by atoms with E-state index >= 15 is 0 Å². The van der Waals surface area contributed by atoms with Gasteiger partial charge in [0, 0.05) is 11.8 Å². The lowest BCUT2D eigenvalue weighted by Gasteiger charge is -2.09. The minimum absolute atomic E-state index is 0.346. The Labute approximate surface area is 120 Å². The van der Waals surface area contributed by atoms with Crippen LogP contribution in [0.15, 0.2) is 44.0 Å². The van der Waals surface area contributed by atoms with E-state index in [2.05, 4.69) is 26.2 Å². The Morgan fingerprint density at radius 3 is 2.85 bits per heavy atom. The van der Waals surface area contributed by atoms with Crippen LogP contribution in [0.25, 0.3) is 11.1 Å². The number of nitrogens with one attached hydrogen (secondary N) is 2. The first-order valence-corrected chi connectivity index (χ1v) is 6.46. The summed E-state index contributed by atoms with van der Waals surface area (Å²) in [4.78, 5) is 13.7. The third-order valence-corrected chi connectivity index (χ3v) is 3.40. The summed E-state index contributed by atoms with van der Waals surface area (Å²) in [5, 5.41) is 3.06. The fraction of sp³-hybridized carbons (Fsp3) is 0. The third kappa shape index (κ3) is 2.27. The van der Waals surface area contributed by atoms with E-state index in [1.165, 1.54) is 6.07 Å². The van der Waals surface area contributed by atoms with Gasteiger partial charge in [0.05, 0.1) is 21.4 Å². The fourth-order valence-electron chi connectivity index (χ4n) is 1.85. The van der Waals surface area contributed by atoms with Gasteiger partial charge in [-0.1, -0.05) is 0 Å². The van der Waals surface area contributed by atoms with Crippen molar-refractivity contribution in [1.29, 1.82) is 0 Å². The number of benzene rings is 2. The Morgan fingerprint density at radius 1 is 1.30 bits per heavy atom. The molecule has 2 aromatic carbocycles. The molecule has 0 radical (unpaired) electrons. The molecule has 0 bridgehead atoms. The number of aromatic nitrogens is 1. The second kappa shape index (κ2) is 4.68. The number of hydrogen-bond donors (Lipinski definition) is 3. The Bertz CT molecular complexity index is 856. The van der Waals surface area contributed by atoms with Crippen molar-refractivity contribution in [3.8, 4) is 0 Å². The zero-order valence-corrected chi connectivity index (χ0v) is 11.6. The lowest BCUT2D eigenvalue weighted by Crippen LogP contribution is -1.97. The predicted octanol–water partition coefficient (Wildman–Crippen LogP) is 3.35. The molecule has 7 heteroatoms. The van der Waals surface area contributed by atoms with Gasteiger partial charge >= 0.3 is 5.76 Å². The molecule has 0 atom stereocenters. The van der Waals surface area contributed by atoms with Crippen molar-refractivity contribution in [2.75, 3.05) is 11.1 Å². The minimum atomic E-state index is -0.541. The molecule has 0 unspecified atom stereocenters. The number of hydrogen-bond acceptors (Lipinski definition) is 4. The van der Waals surface area contributed by atoms with Gasteiger partial charge in [-0.15, -0.1) is 0 Å². The van der Waals surface area contributed by atoms with Crippen LogP contribution in [-0.4, -0.2) is 4.98 Å². The van der Waals surface area contributed by atoms with Crippen LogP contribution in [0.2, 0.25) is 0 Å². The molecule has 0 aliphatic carbocycles. The van der Waals surface area contributed by atoms with Crippen LogP contribution in [0.1, 0.15) is 0 Å². The van der Waals surface area contributed by atoms with Gasteiger partial charge in [0.1, 0.15) is 5.82 Å². The summed E-state index contributed by atoms with van der Waals surface area (Å²) >= 11 is 3.11. The van der Waals surface area contributed by atoms with Gasteiger partial charge in [0.2, 0.25) is 0 Å². The molecule has 0 aliphatic heterocycles. The molecule has 102 valence electrons. The Balaban J connectivity index is 2.02. The Morgan fingerprint density at radius 2 is 2.10 bits per heavy atom. The number of halogens is 2. The quantitative estimate of drug-likeness (QED) is 0.626. The molecule has 0 saturated carbocycles.